The second-order valence-corrected chi connectivity index (χ2v) is 12.9. The minimum atomic E-state index is -0.897. The third-order valence-corrected chi connectivity index (χ3v) is 10.6. The molecule has 0 bridgehead atoms. The number of amides is 3. The van der Waals surface area contributed by atoms with E-state index in [1.54, 1.807) is 38.6 Å². The number of thioether (sulfide) groups is 1. The van der Waals surface area contributed by atoms with E-state index in [1.165, 1.54) is 0 Å². The lowest BCUT2D eigenvalue weighted by Gasteiger charge is -2.35. The largest absolute Gasteiger partial charge is 0.494 e. The van der Waals surface area contributed by atoms with Crippen molar-refractivity contribution >= 4 is 52.5 Å². The van der Waals surface area contributed by atoms with Crippen LogP contribution in [0.2, 0.25) is 5.02 Å². The van der Waals surface area contributed by atoms with E-state index in [2.05, 4.69) is 0 Å². The first kappa shape index (κ1) is 28.8. The lowest BCUT2D eigenvalue weighted by Crippen LogP contribution is -2.53. The minimum Gasteiger partial charge on any atom is -0.494 e. The molecule has 10 heteroatoms. The summed E-state index contributed by atoms with van der Waals surface area (Å²) in [5.74, 6) is -1.07. The van der Waals surface area contributed by atoms with Crippen molar-refractivity contribution in [1.29, 1.82) is 0 Å². The summed E-state index contributed by atoms with van der Waals surface area (Å²) in [4.78, 5) is 48.3. The number of carbonyl (C=O) groups is 3. The number of likely N-dealkylation sites (tertiary alicyclic amines) is 1. The van der Waals surface area contributed by atoms with Crippen molar-refractivity contribution in [1.82, 2.24) is 4.90 Å². The first-order valence-electron chi connectivity index (χ1n) is 14.4. The topological polar surface area (TPSA) is 90.4 Å². The Morgan fingerprint density at radius 2 is 1.60 bits per heavy atom. The predicted octanol–water partition coefficient (Wildman–Crippen LogP) is 4.31. The van der Waals surface area contributed by atoms with Crippen molar-refractivity contribution in [3.63, 3.8) is 0 Å². The number of anilines is 2. The van der Waals surface area contributed by atoms with E-state index >= 15 is 0 Å². The number of carbonyl (C=O) groups excluding carboxylic acids is 3. The van der Waals surface area contributed by atoms with Crippen LogP contribution in [-0.2, 0) is 14.4 Å². The van der Waals surface area contributed by atoms with E-state index in [0.29, 0.717) is 49.8 Å². The highest BCUT2D eigenvalue weighted by Crippen LogP contribution is 2.61. The van der Waals surface area contributed by atoms with Crippen LogP contribution in [0.5, 0.6) is 5.75 Å². The van der Waals surface area contributed by atoms with Crippen molar-refractivity contribution in [2.45, 2.75) is 35.8 Å². The molecule has 0 saturated carbocycles. The maximum absolute atomic E-state index is 14.4. The normalized spacial score (nSPS) is 28.5. The molecule has 2 aromatic carbocycles. The van der Waals surface area contributed by atoms with Crippen LogP contribution in [0.25, 0.3) is 0 Å². The molecule has 220 valence electrons. The molecule has 2 fully saturated rings. The van der Waals surface area contributed by atoms with E-state index < -0.39 is 22.6 Å². The van der Waals surface area contributed by atoms with Crippen molar-refractivity contribution in [2.75, 3.05) is 42.6 Å². The van der Waals surface area contributed by atoms with E-state index in [4.69, 9.17) is 16.3 Å². The summed E-state index contributed by atoms with van der Waals surface area (Å²) in [6, 6.07) is 13.8. The van der Waals surface area contributed by atoms with Gasteiger partial charge >= 0.3 is 0 Å². The fourth-order valence-electron chi connectivity index (χ4n) is 6.74. The first-order chi connectivity index (χ1) is 20.4. The highest BCUT2D eigenvalue weighted by molar-refractivity contribution is 8.02. The zero-order chi connectivity index (χ0) is 29.4. The van der Waals surface area contributed by atoms with Gasteiger partial charge < -0.3 is 24.5 Å². The molecule has 1 spiro atoms. The van der Waals surface area contributed by atoms with Crippen molar-refractivity contribution in [3.05, 3.63) is 77.9 Å². The molecule has 8 nitrogen and oxygen atoms in total. The Balaban J connectivity index is 1.38. The summed E-state index contributed by atoms with van der Waals surface area (Å²) in [7, 11) is 0. The lowest BCUT2D eigenvalue weighted by atomic mass is 9.78. The van der Waals surface area contributed by atoms with Gasteiger partial charge in [0.05, 0.1) is 23.2 Å². The molecule has 0 aliphatic carbocycles. The number of fused-ring (bicyclic) bond motifs is 2. The number of hydrogen-bond acceptors (Lipinski definition) is 6. The Hall–Kier alpha value is -3.27. The van der Waals surface area contributed by atoms with Crippen molar-refractivity contribution in [3.8, 4) is 5.75 Å². The smallest absolute Gasteiger partial charge is 0.251 e. The molecule has 42 heavy (non-hydrogen) atoms. The van der Waals surface area contributed by atoms with Gasteiger partial charge in [-0.2, -0.15) is 0 Å². The van der Waals surface area contributed by atoms with Crippen LogP contribution in [0.15, 0.2) is 72.8 Å². The number of aliphatic hydroxyl groups is 1. The van der Waals surface area contributed by atoms with Gasteiger partial charge in [0.25, 0.3) is 5.91 Å². The highest BCUT2D eigenvalue weighted by atomic mass is 35.5. The summed E-state index contributed by atoms with van der Waals surface area (Å²) in [6.45, 7) is 3.56. The first-order valence-corrected chi connectivity index (χ1v) is 15.7. The quantitative estimate of drug-likeness (QED) is 0.355. The molecule has 1 unspecified atom stereocenters. The van der Waals surface area contributed by atoms with Gasteiger partial charge in [0.2, 0.25) is 11.8 Å². The Morgan fingerprint density at radius 3 is 2.29 bits per heavy atom. The van der Waals surface area contributed by atoms with E-state index in [-0.39, 0.29) is 29.6 Å². The molecule has 0 aromatic heterocycles. The third-order valence-electron chi connectivity index (χ3n) is 8.56. The third kappa shape index (κ3) is 4.81. The van der Waals surface area contributed by atoms with Crippen LogP contribution in [0.1, 0.15) is 19.8 Å². The molecule has 4 heterocycles. The molecule has 2 aromatic rings. The number of nitrogens with zero attached hydrogens (tertiary/aromatic N) is 3. The van der Waals surface area contributed by atoms with Crippen LogP contribution >= 0.6 is 23.4 Å². The molecular formula is C32H34ClN3O5S. The summed E-state index contributed by atoms with van der Waals surface area (Å²) in [6.07, 6.45) is 9.08. The minimum absolute atomic E-state index is 0.00575. The van der Waals surface area contributed by atoms with Gasteiger partial charge in [-0.1, -0.05) is 35.9 Å². The maximum atomic E-state index is 14.4. The average Bonchev–Trinajstić information content (AvgIpc) is 3.29. The van der Waals surface area contributed by atoms with Crippen LogP contribution in [0, 0.1) is 11.8 Å². The lowest BCUT2D eigenvalue weighted by molar-refractivity contribution is -0.138. The maximum Gasteiger partial charge on any atom is 0.251 e. The van der Waals surface area contributed by atoms with Crippen LogP contribution in [0.4, 0.5) is 11.4 Å². The van der Waals surface area contributed by atoms with Crippen LogP contribution < -0.4 is 14.5 Å². The molecule has 4 aliphatic rings. The highest BCUT2D eigenvalue weighted by Gasteiger charge is 2.71. The predicted molar refractivity (Wildman–Crippen MR) is 165 cm³/mol. The van der Waals surface area contributed by atoms with Gasteiger partial charge in [0, 0.05) is 47.9 Å². The van der Waals surface area contributed by atoms with Gasteiger partial charge in [-0.3, -0.25) is 14.4 Å². The SMILES string of the molecule is CCOc1ccc(N2CC=C[C@H]3S[C@]45C=CCN(c6ccc(Cl)cc6)C(=O)C4N(CCCCO)C(=O)[C@@H]5[C@H]3C2=O)cc1. The number of benzene rings is 2. The molecule has 1 N–H and O–H groups in total. The average molecular weight is 608 g/mol. The van der Waals surface area contributed by atoms with Gasteiger partial charge in [-0.25, -0.2) is 0 Å². The zero-order valence-electron chi connectivity index (χ0n) is 23.4. The Labute approximate surface area is 254 Å². The van der Waals surface area contributed by atoms with Crippen LogP contribution in [0.3, 0.4) is 0 Å². The Kier molecular flexibility index (Phi) is 8.09. The Morgan fingerprint density at radius 1 is 0.929 bits per heavy atom. The van der Waals surface area contributed by atoms with Crippen LogP contribution in [-0.4, -0.2) is 76.6 Å². The molecule has 3 amide bonds. The number of aliphatic hydroxyl groups excluding tert-OH is 1. The summed E-state index contributed by atoms with van der Waals surface area (Å²) in [5, 5.41) is 9.77. The molecule has 5 atom stereocenters. The molecular weight excluding hydrogens is 574 g/mol. The number of hydrogen-bond donors (Lipinski definition) is 1. The molecule has 0 radical (unpaired) electrons. The molecule has 4 aliphatic heterocycles. The summed E-state index contributed by atoms with van der Waals surface area (Å²) in [5.41, 5.74) is 1.44. The van der Waals surface area contributed by atoms with Gasteiger partial charge in [0.15, 0.2) is 0 Å². The second kappa shape index (κ2) is 11.8. The van der Waals surface area contributed by atoms with Gasteiger partial charge in [-0.05, 0) is 68.3 Å². The zero-order valence-corrected chi connectivity index (χ0v) is 25.0. The monoisotopic (exact) mass is 607 g/mol. The van der Waals surface area contributed by atoms with Crippen molar-refractivity contribution < 1.29 is 24.2 Å². The van der Waals surface area contributed by atoms with Gasteiger partial charge in [0.1, 0.15) is 11.8 Å². The van der Waals surface area contributed by atoms with E-state index in [0.717, 1.165) is 11.4 Å². The van der Waals surface area contributed by atoms with Gasteiger partial charge in [-0.15, -0.1) is 11.8 Å². The van der Waals surface area contributed by atoms with Crippen molar-refractivity contribution in [2.24, 2.45) is 11.8 Å². The fraction of sp³-hybridized carbons (Fsp3) is 0.406. The number of halogens is 1. The second-order valence-electron chi connectivity index (χ2n) is 10.9. The Bertz CT molecular complexity index is 1410. The standard InChI is InChI=1S/C32H34ClN3O5S/c1-2-41-24-14-12-23(13-15-24)34-18-5-7-25-26(29(34)38)27-30(39)36(17-3-4-20-37)28-31(40)35(19-6-16-32(27,28)42-25)22-10-8-21(33)9-11-22/h5-16,25-28,37H,2-4,17-20H2,1H3/t25-,26+,27+,28?,32+/m1/s1. The number of rotatable bonds is 8. The number of ether oxygens (including phenoxy) is 1. The van der Waals surface area contributed by atoms with E-state index in [1.807, 2.05) is 67.6 Å². The molecule has 6 rings (SSSR count). The van der Waals surface area contributed by atoms with E-state index in [9.17, 15) is 19.5 Å². The fourth-order valence-corrected chi connectivity index (χ4v) is 8.88. The molecule has 2 saturated heterocycles. The number of unbranched alkanes of at least 4 members (excludes halogenated alkanes) is 1. The summed E-state index contributed by atoms with van der Waals surface area (Å²) < 4.78 is 4.68. The summed E-state index contributed by atoms with van der Waals surface area (Å²) >= 11 is 7.69.